The van der Waals surface area contributed by atoms with E-state index in [0.29, 0.717) is 5.02 Å². The number of hydrogen-bond donors (Lipinski definition) is 1. The summed E-state index contributed by atoms with van der Waals surface area (Å²) >= 11 is 5.81. The Kier molecular flexibility index (Phi) is 3.02. The van der Waals surface area contributed by atoms with Gasteiger partial charge in [0.2, 0.25) is 0 Å². The van der Waals surface area contributed by atoms with Gasteiger partial charge in [0.25, 0.3) is 0 Å². The smallest absolute Gasteiger partial charge is 0.352 e. The van der Waals surface area contributed by atoms with Crippen molar-refractivity contribution in [1.29, 1.82) is 0 Å². The number of nitrogens with zero attached hydrogens (tertiary/aromatic N) is 1. The van der Waals surface area contributed by atoms with Gasteiger partial charge in [-0.2, -0.15) is 0 Å². The van der Waals surface area contributed by atoms with Crippen LogP contribution in [-0.4, -0.2) is 15.6 Å². The van der Waals surface area contributed by atoms with Gasteiger partial charge in [0.1, 0.15) is 5.69 Å². The summed E-state index contributed by atoms with van der Waals surface area (Å²) in [5.74, 6) is -0.981. The number of benzene rings is 1. The van der Waals surface area contributed by atoms with E-state index in [1.807, 2.05) is 12.1 Å². The number of carbonyl (C=O) groups is 1. The summed E-state index contributed by atoms with van der Waals surface area (Å²) in [6.45, 7) is 3.62. The van der Waals surface area contributed by atoms with Gasteiger partial charge in [0, 0.05) is 11.2 Å². The summed E-state index contributed by atoms with van der Waals surface area (Å²) in [4.78, 5) is 11.0. The molecule has 0 amide bonds. The zero-order chi connectivity index (χ0) is 12.4. The minimum atomic E-state index is -0.981. The van der Waals surface area contributed by atoms with Crippen LogP contribution in [0.25, 0.3) is 17.5 Å². The summed E-state index contributed by atoms with van der Waals surface area (Å²) in [5.41, 5.74) is 1.85. The Hall–Kier alpha value is -2.00. The molecule has 1 aromatic carbocycles. The van der Waals surface area contributed by atoms with E-state index in [1.165, 1.54) is 10.8 Å². The molecule has 0 aliphatic rings. The van der Waals surface area contributed by atoms with Crippen molar-refractivity contribution in [2.24, 2.45) is 0 Å². The van der Waals surface area contributed by atoms with E-state index < -0.39 is 5.97 Å². The summed E-state index contributed by atoms with van der Waals surface area (Å²) in [5, 5.41) is 9.65. The largest absolute Gasteiger partial charge is 0.477 e. The summed E-state index contributed by atoms with van der Waals surface area (Å²) in [6.07, 6.45) is 1.48. The monoisotopic (exact) mass is 247 g/mol. The van der Waals surface area contributed by atoms with E-state index in [4.69, 9.17) is 16.7 Å². The molecular formula is C13H10ClNO2. The highest BCUT2D eigenvalue weighted by atomic mass is 35.5. The van der Waals surface area contributed by atoms with Crippen LogP contribution >= 0.6 is 11.6 Å². The van der Waals surface area contributed by atoms with Crippen LogP contribution in [0.15, 0.2) is 43.0 Å². The van der Waals surface area contributed by atoms with Crippen molar-refractivity contribution in [3.63, 3.8) is 0 Å². The molecule has 1 heterocycles. The van der Waals surface area contributed by atoms with Crippen LogP contribution < -0.4 is 0 Å². The minimum absolute atomic E-state index is 0.185. The highest BCUT2D eigenvalue weighted by molar-refractivity contribution is 6.30. The van der Waals surface area contributed by atoms with E-state index in [2.05, 4.69) is 6.58 Å². The Morgan fingerprint density at radius 1 is 1.24 bits per heavy atom. The fourth-order valence-electron chi connectivity index (χ4n) is 1.68. The second-order valence-electron chi connectivity index (χ2n) is 3.47. The normalized spacial score (nSPS) is 10.2. The van der Waals surface area contributed by atoms with Crippen LogP contribution in [0.3, 0.4) is 0 Å². The Morgan fingerprint density at radius 2 is 1.88 bits per heavy atom. The molecule has 17 heavy (non-hydrogen) atoms. The van der Waals surface area contributed by atoms with Gasteiger partial charge in [0.15, 0.2) is 0 Å². The molecule has 0 atom stereocenters. The first-order valence-corrected chi connectivity index (χ1v) is 5.34. The average molecular weight is 248 g/mol. The number of aromatic carboxylic acids is 1. The standard InChI is InChI=1S/C13H10ClNO2/c1-2-15-11(7-8-12(15)13(16)17)9-3-5-10(14)6-4-9/h2-8H,1H2,(H,16,17). The molecule has 1 N–H and O–H groups in total. The third kappa shape index (κ3) is 2.10. The maximum Gasteiger partial charge on any atom is 0.352 e. The topological polar surface area (TPSA) is 42.2 Å². The molecule has 0 aliphatic heterocycles. The first-order valence-electron chi connectivity index (χ1n) is 4.96. The summed E-state index contributed by atoms with van der Waals surface area (Å²) < 4.78 is 1.53. The quantitative estimate of drug-likeness (QED) is 0.900. The molecule has 1 aromatic heterocycles. The molecule has 0 saturated carbocycles. The molecule has 0 spiro atoms. The number of rotatable bonds is 3. The zero-order valence-electron chi connectivity index (χ0n) is 8.93. The second kappa shape index (κ2) is 4.47. The van der Waals surface area contributed by atoms with Crippen LogP contribution in [0, 0.1) is 0 Å². The third-order valence-electron chi connectivity index (χ3n) is 2.46. The van der Waals surface area contributed by atoms with Crippen molar-refractivity contribution in [3.05, 3.63) is 53.7 Å². The average Bonchev–Trinajstić information content (AvgIpc) is 2.73. The second-order valence-corrected chi connectivity index (χ2v) is 3.90. The van der Waals surface area contributed by atoms with Gasteiger partial charge in [-0.05, 0) is 29.8 Å². The van der Waals surface area contributed by atoms with E-state index >= 15 is 0 Å². The fraction of sp³-hybridized carbons (Fsp3) is 0. The molecule has 4 heteroatoms. The van der Waals surface area contributed by atoms with Crippen LogP contribution in [0.2, 0.25) is 5.02 Å². The third-order valence-corrected chi connectivity index (χ3v) is 2.71. The highest BCUT2D eigenvalue weighted by Crippen LogP contribution is 2.24. The van der Waals surface area contributed by atoms with Crippen molar-refractivity contribution in [3.8, 4) is 11.3 Å². The summed E-state index contributed by atoms with van der Waals surface area (Å²) in [7, 11) is 0. The zero-order valence-corrected chi connectivity index (χ0v) is 9.69. The number of carboxylic acid groups (broad SMARTS) is 1. The molecule has 0 bridgehead atoms. The maximum atomic E-state index is 11.0. The predicted molar refractivity (Wildman–Crippen MR) is 68.2 cm³/mol. The van der Waals surface area contributed by atoms with E-state index in [9.17, 15) is 4.79 Å². The van der Waals surface area contributed by atoms with Crippen LogP contribution in [-0.2, 0) is 0 Å². The molecule has 2 aromatic rings. The van der Waals surface area contributed by atoms with Crippen molar-refractivity contribution in [2.45, 2.75) is 0 Å². The Bertz CT molecular complexity index is 570. The van der Waals surface area contributed by atoms with Crippen molar-refractivity contribution in [1.82, 2.24) is 4.57 Å². The molecule has 0 aliphatic carbocycles. The Morgan fingerprint density at radius 3 is 2.41 bits per heavy atom. The molecule has 0 radical (unpaired) electrons. The van der Waals surface area contributed by atoms with Gasteiger partial charge in [0.05, 0.1) is 5.69 Å². The number of hydrogen-bond acceptors (Lipinski definition) is 1. The van der Waals surface area contributed by atoms with Gasteiger partial charge < -0.3 is 9.67 Å². The molecular weight excluding hydrogens is 238 g/mol. The summed E-state index contributed by atoms with van der Waals surface area (Å²) in [6, 6.07) is 10.5. The van der Waals surface area contributed by atoms with Gasteiger partial charge in [-0.25, -0.2) is 4.79 Å². The lowest BCUT2D eigenvalue weighted by atomic mass is 10.1. The van der Waals surface area contributed by atoms with Gasteiger partial charge in [-0.3, -0.25) is 0 Å². The van der Waals surface area contributed by atoms with Gasteiger partial charge in [-0.15, -0.1) is 0 Å². The van der Waals surface area contributed by atoms with E-state index in [1.54, 1.807) is 24.3 Å². The van der Waals surface area contributed by atoms with Gasteiger partial charge in [-0.1, -0.05) is 30.3 Å². The Balaban J connectivity index is 2.56. The fourth-order valence-corrected chi connectivity index (χ4v) is 1.80. The predicted octanol–water partition coefficient (Wildman–Crippen LogP) is 3.61. The lowest BCUT2D eigenvalue weighted by molar-refractivity contribution is 0.0689. The van der Waals surface area contributed by atoms with E-state index in [-0.39, 0.29) is 5.69 Å². The lowest BCUT2D eigenvalue weighted by Crippen LogP contribution is -2.03. The number of aromatic nitrogens is 1. The van der Waals surface area contributed by atoms with Crippen LogP contribution in [0.5, 0.6) is 0 Å². The van der Waals surface area contributed by atoms with Crippen molar-refractivity contribution >= 4 is 23.8 Å². The van der Waals surface area contributed by atoms with E-state index in [0.717, 1.165) is 11.3 Å². The molecule has 86 valence electrons. The first kappa shape index (κ1) is 11.5. The lowest BCUT2D eigenvalue weighted by Gasteiger charge is -2.06. The minimum Gasteiger partial charge on any atom is -0.477 e. The molecule has 0 saturated heterocycles. The molecule has 0 fully saturated rings. The number of halogens is 1. The highest BCUT2D eigenvalue weighted by Gasteiger charge is 2.12. The van der Waals surface area contributed by atoms with Crippen LogP contribution in [0.1, 0.15) is 10.5 Å². The number of carboxylic acids is 1. The SMILES string of the molecule is C=Cn1c(C(=O)O)ccc1-c1ccc(Cl)cc1. The molecule has 2 rings (SSSR count). The first-order chi connectivity index (χ1) is 8.13. The van der Waals surface area contributed by atoms with Crippen LogP contribution in [0.4, 0.5) is 0 Å². The molecule has 0 unspecified atom stereocenters. The maximum absolute atomic E-state index is 11.0. The van der Waals surface area contributed by atoms with Gasteiger partial charge >= 0.3 is 5.97 Å². The molecule has 3 nitrogen and oxygen atoms in total. The van der Waals surface area contributed by atoms with Crippen molar-refractivity contribution in [2.75, 3.05) is 0 Å². The van der Waals surface area contributed by atoms with Crippen molar-refractivity contribution < 1.29 is 9.90 Å². The Labute approximate surface area is 104 Å².